The van der Waals surface area contributed by atoms with Gasteiger partial charge in [0.25, 0.3) is 0 Å². The van der Waals surface area contributed by atoms with E-state index in [4.69, 9.17) is 21.3 Å². The molecule has 1 atom stereocenters. The first kappa shape index (κ1) is 25.1. The Morgan fingerprint density at radius 3 is 2.43 bits per heavy atom. The van der Waals surface area contributed by atoms with Crippen LogP contribution >= 0.6 is 0 Å². The fourth-order valence-corrected chi connectivity index (χ4v) is 4.86. The zero-order chi connectivity index (χ0) is 24.8. The largest absolute Gasteiger partial charge is 0.451 e. The molecule has 2 aromatic rings. The summed E-state index contributed by atoms with van der Waals surface area (Å²) in [5.74, 6) is 1.51. The molecular formula is C26H36N6O3. The Morgan fingerprint density at radius 2 is 1.77 bits per heavy atom. The lowest BCUT2D eigenvalue weighted by Gasteiger charge is -2.29. The summed E-state index contributed by atoms with van der Waals surface area (Å²) in [7, 11) is 0. The molecule has 9 nitrogen and oxygen atoms in total. The summed E-state index contributed by atoms with van der Waals surface area (Å²) >= 11 is 0. The molecule has 1 saturated heterocycles. The molecule has 3 aliphatic rings. The SMILES string of the molecule is CCC(=O)N1CCC(O)CC1.Nc1ncnc2c1N=C(c1ccc(C3CCCCC3)cc1)C(N)O2. The van der Waals surface area contributed by atoms with Crippen molar-refractivity contribution in [3.8, 4) is 5.88 Å². The molecule has 2 fully saturated rings. The van der Waals surface area contributed by atoms with E-state index in [1.807, 2.05) is 11.8 Å². The number of aliphatic hydroxyl groups excluding tert-OH is 1. The number of hydrogen-bond acceptors (Lipinski definition) is 8. The number of hydrogen-bond donors (Lipinski definition) is 3. The number of carbonyl (C=O) groups is 1. The van der Waals surface area contributed by atoms with Gasteiger partial charge in [0.1, 0.15) is 12.0 Å². The first-order valence-corrected chi connectivity index (χ1v) is 12.6. The van der Waals surface area contributed by atoms with Gasteiger partial charge in [-0.05, 0) is 37.2 Å². The average Bonchev–Trinajstić information content (AvgIpc) is 2.89. The predicted octanol–water partition coefficient (Wildman–Crippen LogP) is 3.28. The maximum atomic E-state index is 11.1. The summed E-state index contributed by atoms with van der Waals surface area (Å²) in [6.45, 7) is 3.33. The Labute approximate surface area is 206 Å². The van der Waals surface area contributed by atoms with Gasteiger partial charge in [0, 0.05) is 25.1 Å². The quantitative estimate of drug-likeness (QED) is 0.612. The third kappa shape index (κ3) is 6.15. The van der Waals surface area contributed by atoms with Gasteiger partial charge in [0.15, 0.2) is 17.7 Å². The van der Waals surface area contributed by atoms with Crippen LogP contribution in [0, 0.1) is 0 Å². The highest BCUT2D eigenvalue weighted by Gasteiger charge is 2.26. The maximum Gasteiger partial charge on any atom is 0.247 e. The number of fused-ring (bicyclic) bond motifs is 1. The number of rotatable bonds is 3. The molecular weight excluding hydrogens is 444 g/mol. The second-order valence-electron chi connectivity index (χ2n) is 9.37. The number of nitrogen functional groups attached to an aromatic ring is 1. The van der Waals surface area contributed by atoms with Gasteiger partial charge < -0.3 is 20.5 Å². The van der Waals surface area contributed by atoms with E-state index in [1.54, 1.807) is 0 Å². The van der Waals surface area contributed by atoms with Crippen LogP contribution in [0.3, 0.4) is 0 Å². The van der Waals surface area contributed by atoms with Crippen molar-refractivity contribution in [2.45, 2.75) is 76.5 Å². The summed E-state index contributed by atoms with van der Waals surface area (Å²) in [4.78, 5) is 25.5. The first-order chi connectivity index (χ1) is 17.0. The molecule has 0 bridgehead atoms. The molecule has 0 radical (unpaired) electrons. The lowest BCUT2D eigenvalue weighted by atomic mass is 9.84. The normalized spacial score (nSPS) is 20.7. The molecule has 5 rings (SSSR count). The Morgan fingerprint density at radius 1 is 1.09 bits per heavy atom. The van der Waals surface area contributed by atoms with E-state index >= 15 is 0 Å². The van der Waals surface area contributed by atoms with Crippen molar-refractivity contribution >= 4 is 23.1 Å². The van der Waals surface area contributed by atoms with Crippen LogP contribution in [0.4, 0.5) is 11.5 Å². The van der Waals surface area contributed by atoms with Crippen molar-refractivity contribution in [3.05, 3.63) is 41.7 Å². The van der Waals surface area contributed by atoms with Crippen LogP contribution in [0.15, 0.2) is 35.6 Å². The van der Waals surface area contributed by atoms with Crippen molar-refractivity contribution in [1.82, 2.24) is 14.9 Å². The highest BCUT2D eigenvalue weighted by Crippen LogP contribution is 2.35. The molecule has 1 unspecified atom stereocenters. The number of benzene rings is 1. The molecule has 0 spiro atoms. The molecule has 1 aromatic carbocycles. The van der Waals surface area contributed by atoms with E-state index in [1.165, 1.54) is 44.0 Å². The standard InChI is InChI=1S/C18H21N5O.C8H15NO2/c19-16-15-18(22-10-21-16)24-17(20)14(23-15)13-8-6-12(7-9-13)11-4-2-1-3-5-11;1-2-8(11)9-5-3-7(10)4-6-9/h6-11,17H,1-5,20H2,(H2,19,21,22);7,10H,2-6H2,1H3. The molecule has 188 valence electrons. The summed E-state index contributed by atoms with van der Waals surface area (Å²) in [6, 6.07) is 8.50. The van der Waals surface area contributed by atoms with Crippen molar-refractivity contribution in [1.29, 1.82) is 0 Å². The average molecular weight is 481 g/mol. The number of aliphatic imine (C=N–C) groups is 1. The Bertz CT molecular complexity index is 1030. The third-order valence-electron chi connectivity index (χ3n) is 6.96. The van der Waals surface area contributed by atoms with E-state index in [9.17, 15) is 4.79 Å². The summed E-state index contributed by atoms with van der Waals surface area (Å²) in [5, 5.41) is 9.14. The third-order valence-corrected chi connectivity index (χ3v) is 6.96. The predicted molar refractivity (Wildman–Crippen MR) is 136 cm³/mol. The molecule has 3 heterocycles. The van der Waals surface area contributed by atoms with Gasteiger partial charge in [-0.25, -0.2) is 9.98 Å². The molecule has 5 N–H and O–H groups in total. The van der Waals surface area contributed by atoms with Gasteiger partial charge in [0.05, 0.1) is 6.10 Å². The molecule has 2 aliphatic heterocycles. The number of aromatic nitrogens is 2. The number of aliphatic hydroxyl groups is 1. The van der Waals surface area contributed by atoms with E-state index in [0.717, 1.165) is 31.5 Å². The summed E-state index contributed by atoms with van der Waals surface area (Å²) in [6.07, 6.45) is 9.15. The Balaban J connectivity index is 0.000000221. The van der Waals surface area contributed by atoms with E-state index in [0.29, 0.717) is 35.4 Å². The zero-order valence-corrected chi connectivity index (χ0v) is 20.4. The van der Waals surface area contributed by atoms with Crippen LogP contribution in [-0.2, 0) is 4.79 Å². The van der Waals surface area contributed by atoms with Crippen LogP contribution in [0.25, 0.3) is 0 Å². The number of likely N-dealkylation sites (tertiary alicyclic amines) is 1. The molecule has 1 saturated carbocycles. The van der Waals surface area contributed by atoms with Gasteiger partial charge in [-0.15, -0.1) is 0 Å². The van der Waals surface area contributed by atoms with Gasteiger partial charge in [-0.1, -0.05) is 50.5 Å². The number of ether oxygens (including phenoxy) is 1. The van der Waals surface area contributed by atoms with Crippen molar-refractivity contribution in [3.63, 3.8) is 0 Å². The van der Waals surface area contributed by atoms with Gasteiger partial charge in [-0.3, -0.25) is 10.5 Å². The second-order valence-corrected chi connectivity index (χ2v) is 9.37. The molecule has 1 amide bonds. The minimum atomic E-state index is -0.660. The number of nitrogens with zero attached hydrogens (tertiary/aromatic N) is 4. The Hall–Kier alpha value is -3.04. The highest BCUT2D eigenvalue weighted by molar-refractivity contribution is 6.06. The van der Waals surface area contributed by atoms with Gasteiger partial charge in [-0.2, -0.15) is 4.98 Å². The monoisotopic (exact) mass is 480 g/mol. The maximum absolute atomic E-state index is 11.1. The molecule has 9 heteroatoms. The van der Waals surface area contributed by atoms with E-state index in [2.05, 4.69) is 39.2 Å². The summed E-state index contributed by atoms with van der Waals surface area (Å²) in [5.41, 5.74) is 15.4. The Kier molecular flexibility index (Phi) is 8.30. The number of nitrogens with two attached hydrogens (primary N) is 2. The number of anilines is 1. The molecule has 1 aliphatic carbocycles. The smallest absolute Gasteiger partial charge is 0.247 e. The molecule has 1 aromatic heterocycles. The first-order valence-electron chi connectivity index (χ1n) is 12.6. The minimum Gasteiger partial charge on any atom is -0.451 e. The van der Waals surface area contributed by atoms with Crippen LogP contribution in [0.2, 0.25) is 0 Å². The number of carbonyl (C=O) groups excluding carboxylic acids is 1. The minimum absolute atomic E-state index is 0.184. The summed E-state index contributed by atoms with van der Waals surface area (Å²) < 4.78 is 5.64. The van der Waals surface area contributed by atoms with Crippen molar-refractivity contribution in [2.24, 2.45) is 10.7 Å². The number of piperidine rings is 1. The number of amides is 1. The topological polar surface area (TPSA) is 140 Å². The van der Waals surface area contributed by atoms with E-state index < -0.39 is 6.23 Å². The van der Waals surface area contributed by atoms with Crippen molar-refractivity contribution in [2.75, 3.05) is 18.8 Å². The van der Waals surface area contributed by atoms with Gasteiger partial charge in [0.2, 0.25) is 11.8 Å². The highest BCUT2D eigenvalue weighted by atomic mass is 16.5. The lowest BCUT2D eigenvalue weighted by molar-refractivity contribution is -0.132. The zero-order valence-electron chi connectivity index (χ0n) is 20.4. The van der Waals surface area contributed by atoms with Crippen LogP contribution in [0.5, 0.6) is 5.88 Å². The lowest BCUT2D eigenvalue weighted by Crippen LogP contribution is -2.39. The van der Waals surface area contributed by atoms with Gasteiger partial charge >= 0.3 is 0 Å². The van der Waals surface area contributed by atoms with Crippen LogP contribution < -0.4 is 16.2 Å². The van der Waals surface area contributed by atoms with Crippen LogP contribution in [-0.4, -0.2) is 57.0 Å². The fraction of sp³-hybridized carbons (Fsp3) is 0.538. The fourth-order valence-electron chi connectivity index (χ4n) is 4.86. The van der Waals surface area contributed by atoms with Crippen LogP contribution in [0.1, 0.15) is 75.3 Å². The van der Waals surface area contributed by atoms with E-state index in [-0.39, 0.29) is 12.0 Å². The second kappa shape index (κ2) is 11.6. The van der Waals surface area contributed by atoms with Crippen molar-refractivity contribution < 1.29 is 14.6 Å². The molecule has 35 heavy (non-hydrogen) atoms.